The van der Waals surface area contributed by atoms with Crippen LogP contribution in [0.15, 0.2) is 12.1 Å². The van der Waals surface area contributed by atoms with Crippen LogP contribution in [0, 0.1) is 0 Å². The Balaban J connectivity index is 3.09. The lowest BCUT2D eigenvalue weighted by Gasteiger charge is -2.13. The van der Waals surface area contributed by atoms with Gasteiger partial charge in [0.25, 0.3) is 0 Å². The van der Waals surface area contributed by atoms with Crippen molar-refractivity contribution in [1.82, 2.24) is 0 Å². The van der Waals surface area contributed by atoms with Crippen LogP contribution < -0.4 is 5.73 Å². The summed E-state index contributed by atoms with van der Waals surface area (Å²) in [6.45, 7) is 3.81. The predicted molar refractivity (Wildman–Crippen MR) is 67.1 cm³/mol. The summed E-state index contributed by atoms with van der Waals surface area (Å²) in [5, 5.41) is 0.477. The fourth-order valence-electron chi connectivity index (χ4n) is 1.38. The molecule has 94 valence electrons. The third-order valence-corrected chi connectivity index (χ3v) is 2.51. The zero-order chi connectivity index (χ0) is 13.0. The summed E-state index contributed by atoms with van der Waals surface area (Å²) >= 11 is 5.98. The Morgan fingerprint density at radius 1 is 1.47 bits per heavy atom. The number of halogens is 1. The molecule has 0 atom stereocenters. The van der Waals surface area contributed by atoms with Crippen LogP contribution in [-0.2, 0) is 16.1 Å². The lowest BCUT2D eigenvalue weighted by Crippen LogP contribution is -2.14. The maximum Gasteiger partial charge on any atom is 0.340 e. The van der Waals surface area contributed by atoms with Gasteiger partial charge in [-0.1, -0.05) is 11.6 Å². The maximum atomic E-state index is 11.8. The van der Waals surface area contributed by atoms with Gasteiger partial charge in [0.05, 0.1) is 24.0 Å². The summed E-state index contributed by atoms with van der Waals surface area (Å²) in [4.78, 5) is 11.8. The molecular formula is C12H16ClNO3. The number of carbonyl (C=O) groups is 1. The predicted octanol–water partition coefficient (Wildman–Crippen LogP) is 2.63. The number of hydrogen-bond donors (Lipinski definition) is 1. The van der Waals surface area contributed by atoms with Crippen molar-refractivity contribution in [2.24, 2.45) is 0 Å². The zero-order valence-electron chi connectivity index (χ0n) is 10.1. The van der Waals surface area contributed by atoms with Gasteiger partial charge in [0, 0.05) is 17.7 Å². The number of nitrogens with two attached hydrogens (primary N) is 1. The van der Waals surface area contributed by atoms with Crippen molar-refractivity contribution in [2.45, 2.75) is 26.6 Å². The molecule has 17 heavy (non-hydrogen) atoms. The number of rotatable bonds is 4. The van der Waals surface area contributed by atoms with Crippen molar-refractivity contribution in [3.63, 3.8) is 0 Å². The zero-order valence-corrected chi connectivity index (χ0v) is 10.9. The third-order valence-electron chi connectivity index (χ3n) is 2.15. The van der Waals surface area contributed by atoms with Gasteiger partial charge in [0.15, 0.2) is 0 Å². The first kappa shape index (κ1) is 13.8. The van der Waals surface area contributed by atoms with E-state index in [1.807, 2.05) is 0 Å². The first-order chi connectivity index (χ1) is 7.97. The fourth-order valence-corrected chi connectivity index (χ4v) is 1.60. The quantitative estimate of drug-likeness (QED) is 0.665. The number of hydrogen-bond acceptors (Lipinski definition) is 4. The molecule has 0 fully saturated rings. The summed E-state index contributed by atoms with van der Waals surface area (Å²) in [6.07, 6.45) is -0.191. The second-order valence-corrected chi connectivity index (χ2v) is 4.28. The molecule has 0 saturated heterocycles. The molecule has 0 unspecified atom stereocenters. The lowest BCUT2D eigenvalue weighted by atomic mass is 10.1. The maximum absolute atomic E-state index is 11.8. The summed E-state index contributed by atoms with van der Waals surface area (Å²) in [5.41, 5.74) is 7.11. The topological polar surface area (TPSA) is 61.5 Å². The Morgan fingerprint density at radius 3 is 2.65 bits per heavy atom. The molecule has 1 aromatic carbocycles. The average molecular weight is 258 g/mol. The minimum absolute atomic E-state index is 0.191. The van der Waals surface area contributed by atoms with Gasteiger partial charge in [-0.3, -0.25) is 0 Å². The van der Waals surface area contributed by atoms with Crippen LogP contribution in [-0.4, -0.2) is 19.2 Å². The molecule has 0 bridgehead atoms. The molecule has 0 aliphatic carbocycles. The molecule has 5 heteroatoms. The Labute approximate surface area is 106 Å². The smallest absolute Gasteiger partial charge is 0.340 e. The van der Waals surface area contributed by atoms with Crippen molar-refractivity contribution in [3.8, 4) is 0 Å². The molecule has 1 aromatic rings. The molecule has 1 rings (SSSR count). The minimum atomic E-state index is -0.452. The van der Waals surface area contributed by atoms with Gasteiger partial charge in [-0.25, -0.2) is 4.79 Å². The van der Waals surface area contributed by atoms with Crippen molar-refractivity contribution in [1.29, 1.82) is 0 Å². The molecule has 0 amide bonds. The standard InChI is InChI=1S/C12H16ClNO3/c1-7(2)17-12(15)8-4-5-10(13)9(6-16-3)11(8)14/h4-5,7H,6,14H2,1-3H3. The van der Waals surface area contributed by atoms with Crippen molar-refractivity contribution < 1.29 is 14.3 Å². The second kappa shape index (κ2) is 5.89. The van der Waals surface area contributed by atoms with E-state index < -0.39 is 5.97 Å². The largest absolute Gasteiger partial charge is 0.459 e. The fraction of sp³-hybridized carbons (Fsp3) is 0.417. The van der Waals surface area contributed by atoms with Gasteiger partial charge < -0.3 is 15.2 Å². The Hall–Kier alpha value is -1.26. The minimum Gasteiger partial charge on any atom is -0.459 e. The van der Waals surface area contributed by atoms with Crippen LogP contribution in [0.1, 0.15) is 29.8 Å². The number of methoxy groups -OCH3 is 1. The summed E-state index contributed by atoms with van der Waals surface area (Å²) in [7, 11) is 1.54. The summed E-state index contributed by atoms with van der Waals surface area (Å²) in [6, 6.07) is 3.17. The number of benzene rings is 1. The first-order valence-corrected chi connectivity index (χ1v) is 5.62. The van der Waals surface area contributed by atoms with E-state index in [1.165, 1.54) is 7.11 Å². The van der Waals surface area contributed by atoms with E-state index >= 15 is 0 Å². The van der Waals surface area contributed by atoms with Crippen LogP contribution in [0.5, 0.6) is 0 Å². The molecule has 0 spiro atoms. The highest BCUT2D eigenvalue weighted by molar-refractivity contribution is 6.32. The number of carbonyl (C=O) groups excluding carboxylic acids is 1. The van der Waals surface area contributed by atoms with E-state index in [0.717, 1.165) is 0 Å². The molecule has 0 aliphatic heterocycles. The Morgan fingerprint density at radius 2 is 2.12 bits per heavy atom. The van der Waals surface area contributed by atoms with E-state index in [9.17, 15) is 4.79 Å². The number of esters is 1. The van der Waals surface area contributed by atoms with Crippen molar-refractivity contribution in [2.75, 3.05) is 12.8 Å². The van der Waals surface area contributed by atoms with Gasteiger partial charge in [-0.15, -0.1) is 0 Å². The van der Waals surface area contributed by atoms with E-state index in [2.05, 4.69) is 0 Å². The Kier molecular flexibility index (Phi) is 4.78. The molecule has 0 radical (unpaired) electrons. The van der Waals surface area contributed by atoms with Crippen LogP contribution in [0.2, 0.25) is 5.02 Å². The lowest BCUT2D eigenvalue weighted by molar-refractivity contribution is 0.0379. The molecule has 0 aromatic heterocycles. The third kappa shape index (κ3) is 3.35. The molecule has 4 nitrogen and oxygen atoms in total. The number of ether oxygens (including phenoxy) is 2. The van der Waals surface area contributed by atoms with Gasteiger partial charge in [0.1, 0.15) is 0 Å². The van der Waals surface area contributed by atoms with E-state index in [-0.39, 0.29) is 12.7 Å². The second-order valence-electron chi connectivity index (χ2n) is 3.87. The van der Waals surface area contributed by atoms with Gasteiger partial charge in [0.2, 0.25) is 0 Å². The Bertz CT molecular complexity index is 418. The van der Waals surface area contributed by atoms with Gasteiger partial charge >= 0.3 is 5.97 Å². The molecule has 0 saturated carbocycles. The van der Waals surface area contributed by atoms with Crippen LogP contribution in [0.4, 0.5) is 5.69 Å². The van der Waals surface area contributed by atoms with Crippen LogP contribution >= 0.6 is 11.6 Å². The summed E-state index contributed by atoms with van der Waals surface area (Å²) < 4.78 is 10.1. The first-order valence-electron chi connectivity index (χ1n) is 5.24. The number of anilines is 1. The highest BCUT2D eigenvalue weighted by Gasteiger charge is 2.17. The normalized spacial score (nSPS) is 10.6. The SMILES string of the molecule is COCc1c(Cl)ccc(C(=O)OC(C)C)c1N. The van der Waals surface area contributed by atoms with E-state index in [1.54, 1.807) is 26.0 Å². The number of nitrogen functional groups attached to an aromatic ring is 1. The highest BCUT2D eigenvalue weighted by atomic mass is 35.5. The van der Waals surface area contributed by atoms with E-state index in [4.69, 9.17) is 26.8 Å². The van der Waals surface area contributed by atoms with Crippen molar-refractivity contribution >= 4 is 23.3 Å². The molecule has 0 heterocycles. The van der Waals surface area contributed by atoms with Crippen LogP contribution in [0.25, 0.3) is 0 Å². The monoisotopic (exact) mass is 257 g/mol. The van der Waals surface area contributed by atoms with Gasteiger partial charge in [-0.05, 0) is 26.0 Å². The average Bonchev–Trinajstić information content (AvgIpc) is 2.23. The van der Waals surface area contributed by atoms with Gasteiger partial charge in [-0.2, -0.15) is 0 Å². The highest BCUT2D eigenvalue weighted by Crippen LogP contribution is 2.27. The van der Waals surface area contributed by atoms with Crippen LogP contribution in [0.3, 0.4) is 0 Å². The van der Waals surface area contributed by atoms with E-state index in [0.29, 0.717) is 21.8 Å². The molecule has 2 N–H and O–H groups in total. The molecular weight excluding hydrogens is 242 g/mol. The van der Waals surface area contributed by atoms with Crippen molar-refractivity contribution in [3.05, 3.63) is 28.3 Å². The summed E-state index contributed by atoms with van der Waals surface area (Å²) in [5.74, 6) is -0.452. The molecule has 0 aliphatic rings.